The number of rotatable bonds is 4. The van der Waals surface area contributed by atoms with Crippen molar-refractivity contribution in [2.75, 3.05) is 27.2 Å². The van der Waals surface area contributed by atoms with Crippen molar-refractivity contribution in [1.29, 1.82) is 0 Å². The number of piperazine rings is 1. The quantitative estimate of drug-likeness (QED) is 0.899. The first kappa shape index (κ1) is 16.5. The van der Waals surface area contributed by atoms with Gasteiger partial charge >= 0.3 is 0 Å². The van der Waals surface area contributed by atoms with Crippen molar-refractivity contribution in [3.8, 4) is 0 Å². The predicted octanol–water partition coefficient (Wildman–Crippen LogP) is 1.02. The van der Waals surface area contributed by atoms with Gasteiger partial charge in [-0.3, -0.25) is 4.90 Å². The standard InChI is InChI=1S/C14H25N3O3S/c1-10-8-17(9-11(2)16(10)5)21(18,19)14-6-13(7-15-4)20-12(14)3/h6,10-11,15H,7-9H2,1-5H3. The summed E-state index contributed by atoms with van der Waals surface area (Å²) in [5.74, 6) is 1.10. The second-order valence-electron chi connectivity index (χ2n) is 5.85. The average molecular weight is 315 g/mol. The smallest absolute Gasteiger partial charge is 0.246 e. The van der Waals surface area contributed by atoms with Gasteiger partial charge in [0, 0.05) is 31.2 Å². The molecule has 0 bridgehead atoms. The van der Waals surface area contributed by atoms with E-state index in [1.807, 2.05) is 20.9 Å². The Morgan fingerprint density at radius 2 is 1.90 bits per heavy atom. The molecule has 7 heteroatoms. The van der Waals surface area contributed by atoms with Gasteiger partial charge in [-0.15, -0.1) is 0 Å². The summed E-state index contributed by atoms with van der Waals surface area (Å²) in [6.45, 7) is 7.34. The maximum Gasteiger partial charge on any atom is 0.246 e. The van der Waals surface area contributed by atoms with Gasteiger partial charge < -0.3 is 9.73 Å². The molecule has 0 saturated carbocycles. The Labute approximate surface area is 127 Å². The number of nitrogens with one attached hydrogen (secondary N) is 1. The van der Waals surface area contributed by atoms with Crippen LogP contribution in [0.1, 0.15) is 25.4 Å². The Kier molecular flexibility index (Phi) is 4.77. The van der Waals surface area contributed by atoms with Crippen LogP contribution >= 0.6 is 0 Å². The van der Waals surface area contributed by atoms with Crippen molar-refractivity contribution < 1.29 is 12.8 Å². The molecule has 0 aliphatic carbocycles. The monoisotopic (exact) mass is 315 g/mol. The molecule has 1 aliphatic heterocycles. The van der Waals surface area contributed by atoms with Gasteiger partial charge in [-0.25, -0.2) is 8.42 Å². The van der Waals surface area contributed by atoms with Crippen molar-refractivity contribution in [2.45, 2.75) is 44.3 Å². The molecule has 1 aliphatic rings. The summed E-state index contributed by atoms with van der Waals surface area (Å²) in [6.07, 6.45) is 0. The van der Waals surface area contributed by atoms with Gasteiger partial charge in [0.15, 0.2) is 0 Å². The summed E-state index contributed by atoms with van der Waals surface area (Å²) in [6, 6.07) is 2.04. The van der Waals surface area contributed by atoms with Crippen molar-refractivity contribution in [3.05, 3.63) is 17.6 Å². The molecule has 0 spiro atoms. The molecular formula is C14H25N3O3S. The molecule has 2 atom stereocenters. The van der Waals surface area contributed by atoms with E-state index < -0.39 is 10.0 Å². The van der Waals surface area contributed by atoms with Crippen LogP contribution in [0.3, 0.4) is 0 Å². The topological polar surface area (TPSA) is 65.8 Å². The minimum absolute atomic E-state index is 0.201. The summed E-state index contributed by atoms with van der Waals surface area (Å²) in [7, 11) is 0.342. The Morgan fingerprint density at radius 3 is 2.43 bits per heavy atom. The van der Waals surface area contributed by atoms with E-state index in [0.717, 1.165) is 0 Å². The van der Waals surface area contributed by atoms with Gasteiger partial charge in [0.1, 0.15) is 16.4 Å². The van der Waals surface area contributed by atoms with Crippen molar-refractivity contribution >= 4 is 10.0 Å². The first-order chi connectivity index (χ1) is 9.77. The van der Waals surface area contributed by atoms with Gasteiger partial charge in [0.2, 0.25) is 10.0 Å². The van der Waals surface area contributed by atoms with E-state index >= 15 is 0 Å². The molecule has 2 rings (SSSR count). The van der Waals surface area contributed by atoms with Gasteiger partial charge in [0.25, 0.3) is 0 Å². The summed E-state index contributed by atoms with van der Waals surface area (Å²) in [5, 5.41) is 2.97. The van der Waals surface area contributed by atoms with E-state index in [1.165, 1.54) is 0 Å². The highest BCUT2D eigenvalue weighted by atomic mass is 32.2. The zero-order chi connectivity index (χ0) is 15.8. The van der Waals surface area contributed by atoms with E-state index in [0.29, 0.717) is 31.2 Å². The molecule has 0 amide bonds. The fourth-order valence-corrected chi connectivity index (χ4v) is 4.52. The third-order valence-electron chi connectivity index (χ3n) is 4.22. The fraction of sp³-hybridized carbons (Fsp3) is 0.714. The van der Waals surface area contributed by atoms with Gasteiger partial charge in [0.05, 0.1) is 6.54 Å². The summed E-state index contributed by atoms with van der Waals surface area (Å²) in [5.41, 5.74) is 0. The highest BCUT2D eigenvalue weighted by Crippen LogP contribution is 2.26. The van der Waals surface area contributed by atoms with Crippen LogP contribution in [-0.4, -0.2) is 56.9 Å². The number of nitrogens with zero attached hydrogens (tertiary/aromatic N) is 2. The molecule has 1 N–H and O–H groups in total. The predicted molar refractivity (Wildman–Crippen MR) is 81.7 cm³/mol. The number of likely N-dealkylation sites (N-methyl/N-ethyl adjacent to an activating group) is 1. The lowest BCUT2D eigenvalue weighted by Crippen LogP contribution is -2.56. The SMILES string of the molecule is CNCc1cc(S(=O)(=O)N2CC(C)N(C)C(C)C2)c(C)o1. The Hall–Kier alpha value is -0.890. The zero-order valence-corrected chi connectivity index (χ0v) is 14.2. The second kappa shape index (κ2) is 6.08. The number of hydrogen-bond acceptors (Lipinski definition) is 5. The summed E-state index contributed by atoms with van der Waals surface area (Å²) >= 11 is 0. The minimum atomic E-state index is -3.49. The van der Waals surface area contributed by atoms with Crippen LogP contribution in [-0.2, 0) is 16.6 Å². The van der Waals surface area contributed by atoms with Crippen LogP contribution in [0.5, 0.6) is 0 Å². The van der Waals surface area contributed by atoms with E-state index in [1.54, 1.807) is 24.3 Å². The fourth-order valence-electron chi connectivity index (χ4n) is 2.73. The number of furan rings is 1. The number of hydrogen-bond donors (Lipinski definition) is 1. The molecule has 2 unspecified atom stereocenters. The van der Waals surface area contributed by atoms with Crippen molar-refractivity contribution in [2.24, 2.45) is 0 Å². The first-order valence-corrected chi connectivity index (χ1v) is 8.67. The maximum atomic E-state index is 12.9. The minimum Gasteiger partial charge on any atom is -0.464 e. The lowest BCUT2D eigenvalue weighted by Gasteiger charge is -2.41. The molecule has 0 aromatic carbocycles. The van der Waals surface area contributed by atoms with Crippen LogP contribution in [0, 0.1) is 6.92 Å². The molecular weight excluding hydrogens is 290 g/mol. The van der Waals surface area contributed by atoms with Crippen LogP contribution in [0.15, 0.2) is 15.4 Å². The molecule has 1 fully saturated rings. The lowest BCUT2D eigenvalue weighted by molar-refractivity contribution is 0.105. The van der Waals surface area contributed by atoms with Crippen molar-refractivity contribution in [3.63, 3.8) is 0 Å². The Bertz CT molecular complexity index is 585. The molecule has 0 radical (unpaired) electrons. The van der Waals surface area contributed by atoms with Gasteiger partial charge in [-0.2, -0.15) is 4.31 Å². The van der Waals surface area contributed by atoms with Gasteiger partial charge in [-0.05, 0) is 34.9 Å². The van der Waals surface area contributed by atoms with E-state index in [2.05, 4.69) is 10.2 Å². The van der Waals surface area contributed by atoms with Gasteiger partial charge in [-0.1, -0.05) is 0 Å². The molecule has 1 aromatic rings. The molecule has 21 heavy (non-hydrogen) atoms. The third-order valence-corrected chi connectivity index (χ3v) is 6.16. The van der Waals surface area contributed by atoms with E-state index in [-0.39, 0.29) is 17.0 Å². The highest BCUT2D eigenvalue weighted by molar-refractivity contribution is 7.89. The Balaban J connectivity index is 2.30. The average Bonchev–Trinajstić information content (AvgIpc) is 2.77. The molecule has 6 nitrogen and oxygen atoms in total. The molecule has 1 aromatic heterocycles. The first-order valence-electron chi connectivity index (χ1n) is 7.23. The Morgan fingerprint density at radius 1 is 1.33 bits per heavy atom. The lowest BCUT2D eigenvalue weighted by atomic mass is 10.1. The van der Waals surface area contributed by atoms with Crippen LogP contribution in [0.4, 0.5) is 0 Å². The normalized spacial score (nSPS) is 25.4. The third kappa shape index (κ3) is 3.15. The van der Waals surface area contributed by atoms with E-state index in [9.17, 15) is 8.42 Å². The van der Waals surface area contributed by atoms with Crippen LogP contribution in [0.2, 0.25) is 0 Å². The van der Waals surface area contributed by atoms with Crippen LogP contribution < -0.4 is 5.32 Å². The second-order valence-corrected chi connectivity index (χ2v) is 7.76. The number of sulfonamides is 1. The molecule has 2 heterocycles. The largest absolute Gasteiger partial charge is 0.464 e. The highest BCUT2D eigenvalue weighted by Gasteiger charge is 2.36. The van der Waals surface area contributed by atoms with E-state index in [4.69, 9.17) is 4.42 Å². The van der Waals surface area contributed by atoms with Crippen molar-refractivity contribution in [1.82, 2.24) is 14.5 Å². The zero-order valence-electron chi connectivity index (χ0n) is 13.4. The molecule has 1 saturated heterocycles. The summed E-state index contributed by atoms with van der Waals surface area (Å²) < 4.78 is 32.8. The number of aryl methyl sites for hydroxylation is 1. The maximum absolute atomic E-state index is 12.9. The summed E-state index contributed by atoms with van der Waals surface area (Å²) in [4.78, 5) is 2.50. The molecule has 120 valence electrons. The van der Waals surface area contributed by atoms with Crippen LogP contribution in [0.25, 0.3) is 0 Å².